The number of nitro benzene ring substituents is 1. The van der Waals surface area contributed by atoms with Gasteiger partial charge in [-0.2, -0.15) is 9.49 Å². The molecule has 0 saturated carbocycles. The Morgan fingerprint density at radius 1 is 1.21 bits per heavy atom. The van der Waals surface area contributed by atoms with Crippen LogP contribution in [0.4, 0.5) is 15.8 Å². The minimum absolute atomic E-state index is 0.0209. The van der Waals surface area contributed by atoms with Crippen LogP contribution in [0, 0.1) is 15.9 Å². The predicted octanol–water partition coefficient (Wildman–Crippen LogP) is 1.69. The molecule has 0 aliphatic rings. The number of aromatic nitrogens is 2. The highest BCUT2D eigenvalue weighted by atomic mass is 19.1. The molecule has 0 saturated heterocycles. The normalized spacial score (nSPS) is 10.5. The average Bonchev–Trinajstić information content (AvgIpc) is 2.70. The van der Waals surface area contributed by atoms with Gasteiger partial charge < -0.3 is 10.1 Å². The van der Waals surface area contributed by atoms with E-state index in [9.17, 15) is 28.9 Å². The molecule has 1 amide bonds. The highest BCUT2D eigenvalue weighted by molar-refractivity contribution is 5.93. The number of fused-ring (bicyclic) bond motifs is 1. The maximum absolute atomic E-state index is 13.3. The van der Waals surface area contributed by atoms with E-state index >= 15 is 0 Å². The van der Waals surface area contributed by atoms with Crippen LogP contribution in [0.25, 0.3) is 10.8 Å². The summed E-state index contributed by atoms with van der Waals surface area (Å²) < 4.78 is 18.2. The monoisotopic (exact) mass is 400 g/mol. The SMILES string of the molecule is O=C(COC(=O)Cc1n[nH]c(=O)c2ccccc12)Nc1ccc(F)c([N+](=O)[O-])c1. The van der Waals surface area contributed by atoms with Gasteiger partial charge in [-0.05, 0) is 18.2 Å². The van der Waals surface area contributed by atoms with Crippen molar-refractivity contribution >= 4 is 34.0 Å². The number of aromatic amines is 1. The summed E-state index contributed by atoms with van der Waals surface area (Å²) in [5.74, 6) is -2.58. The van der Waals surface area contributed by atoms with E-state index in [0.717, 1.165) is 18.2 Å². The standard InChI is InChI=1S/C18H13FN4O6/c19-13-6-5-10(7-15(13)23(27)28)20-16(24)9-29-17(25)8-14-11-3-1-2-4-12(11)18(26)22-21-14/h1-7H,8-9H2,(H,20,24)(H,22,26). The molecule has 1 aromatic heterocycles. The Morgan fingerprint density at radius 2 is 1.93 bits per heavy atom. The second-order valence-electron chi connectivity index (χ2n) is 5.85. The number of nitro groups is 1. The number of nitrogens with one attached hydrogen (secondary N) is 2. The third-order valence-corrected chi connectivity index (χ3v) is 3.88. The molecule has 0 spiro atoms. The Kier molecular flexibility index (Phi) is 5.58. The number of carbonyl (C=O) groups is 2. The van der Waals surface area contributed by atoms with Crippen LogP contribution in [-0.4, -0.2) is 33.6 Å². The number of H-pyrrole nitrogens is 1. The van der Waals surface area contributed by atoms with Gasteiger partial charge in [0.05, 0.1) is 22.4 Å². The van der Waals surface area contributed by atoms with Crippen molar-refractivity contribution in [2.24, 2.45) is 0 Å². The van der Waals surface area contributed by atoms with Crippen LogP contribution in [-0.2, 0) is 20.7 Å². The van der Waals surface area contributed by atoms with Gasteiger partial charge in [-0.25, -0.2) is 5.10 Å². The maximum Gasteiger partial charge on any atom is 0.312 e. The van der Waals surface area contributed by atoms with Crippen LogP contribution in [0.5, 0.6) is 0 Å². The maximum atomic E-state index is 13.3. The van der Waals surface area contributed by atoms with Crippen molar-refractivity contribution in [1.29, 1.82) is 0 Å². The molecule has 148 valence electrons. The van der Waals surface area contributed by atoms with E-state index in [1.807, 2.05) is 0 Å². The molecule has 0 atom stereocenters. The zero-order chi connectivity index (χ0) is 21.0. The zero-order valence-corrected chi connectivity index (χ0v) is 14.7. The Labute approximate surface area is 161 Å². The number of ether oxygens (including phenoxy) is 1. The van der Waals surface area contributed by atoms with Crippen molar-refractivity contribution in [1.82, 2.24) is 10.2 Å². The molecule has 2 aromatic carbocycles. The lowest BCUT2D eigenvalue weighted by Gasteiger charge is -2.07. The highest BCUT2D eigenvalue weighted by Crippen LogP contribution is 2.21. The number of anilines is 1. The number of hydrogen-bond donors (Lipinski definition) is 2. The minimum Gasteiger partial charge on any atom is -0.455 e. The lowest BCUT2D eigenvalue weighted by molar-refractivity contribution is -0.387. The first-order valence-corrected chi connectivity index (χ1v) is 8.21. The molecule has 0 fully saturated rings. The van der Waals surface area contributed by atoms with Crippen LogP contribution < -0.4 is 10.9 Å². The van der Waals surface area contributed by atoms with Gasteiger partial charge in [0.2, 0.25) is 5.82 Å². The van der Waals surface area contributed by atoms with Gasteiger partial charge in [0.1, 0.15) is 0 Å². The number of amides is 1. The number of benzene rings is 2. The summed E-state index contributed by atoms with van der Waals surface area (Å²) in [6.45, 7) is -0.661. The van der Waals surface area contributed by atoms with Gasteiger partial charge in [-0.3, -0.25) is 24.5 Å². The first kappa shape index (κ1) is 19.6. The van der Waals surface area contributed by atoms with Gasteiger partial charge in [0.15, 0.2) is 6.61 Å². The largest absolute Gasteiger partial charge is 0.455 e. The van der Waals surface area contributed by atoms with Crippen LogP contribution in [0.15, 0.2) is 47.3 Å². The van der Waals surface area contributed by atoms with Gasteiger partial charge in [0, 0.05) is 17.1 Å². The molecule has 0 unspecified atom stereocenters. The molecule has 3 aromatic rings. The van der Waals surface area contributed by atoms with E-state index in [2.05, 4.69) is 15.5 Å². The zero-order valence-electron chi connectivity index (χ0n) is 14.7. The first-order chi connectivity index (χ1) is 13.8. The molecule has 1 heterocycles. The summed E-state index contributed by atoms with van der Waals surface area (Å²) >= 11 is 0. The van der Waals surface area contributed by atoms with Crippen LogP contribution >= 0.6 is 0 Å². The number of hydrogen-bond acceptors (Lipinski definition) is 7. The molecule has 0 aliphatic heterocycles. The lowest BCUT2D eigenvalue weighted by Crippen LogP contribution is -2.22. The fourth-order valence-corrected chi connectivity index (χ4v) is 2.57. The Morgan fingerprint density at radius 3 is 2.66 bits per heavy atom. The number of carbonyl (C=O) groups excluding carboxylic acids is 2. The van der Waals surface area contributed by atoms with Gasteiger partial charge in [-0.15, -0.1) is 0 Å². The fourth-order valence-electron chi connectivity index (χ4n) is 2.57. The van der Waals surface area contributed by atoms with Crippen LogP contribution in [0.2, 0.25) is 0 Å². The molecule has 2 N–H and O–H groups in total. The van der Waals surface area contributed by atoms with Crippen molar-refractivity contribution in [2.75, 3.05) is 11.9 Å². The quantitative estimate of drug-likeness (QED) is 0.364. The summed E-state index contributed by atoms with van der Waals surface area (Å²) in [6, 6.07) is 9.41. The van der Waals surface area contributed by atoms with E-state index in [1.165, 1.54) is 0 Å². The molecule has 0 radical (unpaired) electrons. The minimum atomic E-state index is -1.04. The third kappa shape index (κ3) is 4.58. The number of halogens is 1. The van der Waals surface area contributed by atoms with E-state index < -0.39 is 40.5 Å². The Bertz CT molecular complexity index is 1180. The number of rotatable bonds is 6. The summed E-state index contributed by atoms with van der Waals surface area (Å²) in [4.78, 5) is 45.4. The Hall–Kier alpha value is -4.15. The van der Waals surface area contributed by atoms with E-state index in [-0.39, 0.29) is 17.8 Å². The van der Waals surface area contributed by atoms with E-state index in [0.29, 0.717) is 10.8 Å². The summed E-state index contributed by atoms with van der Waals surface area (Å²) in [5.41, 5.74) is -0.937. The third-order valence-electron chi connectivity index (χ3n) is 3.88. The molecule has 0 bridgehead atoms. The molecule has 0 aliphatic carbocycles. The smallest absolute Gasteiger partial charge is 0.312 e. The van der Waals surface area contributed by atoms with Crippen molar-refractivity contribution in [3.63, 3.8) is 0 Å². The Balaban J connectivity index is 1.61. The van der Waals surface area contributed by atoms with Crippen molar-refractivity contribution in [3.05, 3.63) is 74.4 Å². The number of esters is 1. The predicted molar refractivity (Wildman–Crippen MR) is 98.7 cm³/mol. The summed E-state index contributed by atoms with van der Waals surface area (Å²) in [5, 5.41) is 20.0. The van der Waals surface area contributed by atoms with Crippen molar-refractivity contribution < 1.29 is 23.6 Å². The second-order valence-corrected chi connectivity index (χ2v) is 5.85. The van der Waals surface area contributed by atoms with Gasteiger partial charge in [-0.1, -0.05) is 18.2 Å². The van der Waals surface area contributed by atoms with Gasteiger partial charge in [0.25, 0.3) is 11.5 Å². The van der Waals surface area contributed by atoms with Crippen LogP contribution in [0.1, 0.15) is 5.69 Å². The molecule has 29 heavy (non-hydrogen) atoms. The first-order valence-electron chi connectivity index (χ1n) is 8.21. The molecule has 11 heteroatoms. The second kappa shape index (κ2) is 8.25. The molecular formula is C18H13FN4O6. The summed E-state index contributed by atoms with van der Waals surface area (Å²) in [6.07, 6.45) is -0.285. The molecule has 10 nitrogen and oxygen atoms in total. The molecule has 3 rings (SSSR count). The average molecular weight is 400 g/mol. The lowest BCUT2D eigenvalue weighted by atomic mass is 10.1. The number of nitrogens with zero attached hydrogens (tertiary/aromatic N) is 2. The van der Waals surface area contributed by atoms with Crippen molar-refractivity contribution in [3.8, 4) is 0 Å². The summed E-state index contributed by atoms with van der Waals surface area (Å²) in [7, 11) is 0. The van der Waals surface area contributed by atoms with E-state index in [4.69, 9.17) is 4.74 Å². The fraction of sp³-hybridized carbons (Fsp3) is 0.111. The molecular weight excluding hydrogens is 387 g/mol. The van der Waals surface area contributed by atoms with E-state index in [1.54, 1.807) is 24.3 Å². The topological polar surface area (TPSA) is 144 Å². The highest BCUT2D eigenvalue weighted by Gasteiger charge is 2.17. The van der Waals surface area contributed by atoms with Gasteiger partial charge >= 0.3 is 11.7 Å². The van der Waals surface area contributed by atoms with Crippen molar-refractivity contribution in [2.45, 2.75) is 6.42 Å². The van der Waals surface area contributed by atoms with Crippen LogP contribution in [0.3, 0.4) is 0 Å².